The Labute approximate surface area is 208 Å². The number of sulfonamides is 1. The summed E-state index contributed by atoms with van der Waals surface area (Å²) in [6, 6.07) is 10.6. The monoisotopic (exact) mass is 513 g/mol. The average Bonchev–Trinajstić information content (AvgIpc) is 3.18. The number of thiazole rings is 1. The molecule has 3 heterocycles. The van der Waals surface area contributed by atoms with Crippen molar-refractivity contribution in [3.05, 3.63) is 59.4 Å². The van der Waals surface area contributed by atoms with Crippen LogP contribution < -0.4 is 14.3 Å². The van der Waals surface area contributed by atoms with Crippen LogP contribution in [0.3, 0.4) is 0 Å². The van der Waals surface area contributed by atoms with Crippen LogP contribution >= 0.6 is 11.3 Å². The standard InChI is InChI=1S/C25H27N3O5S2/c1-3-10-28-20-14-21-22(33-13-12-32-21)15-23(20)34-25(28)26-24(29)18-5-4-11-27(16-18)35(30,31)19-8-6-17(2)7-9-19/h3,6-9,14-15,18H,1,4-5,10-13,16H2,2H3. The molecule has 0 radical (unpaired) electrons. The molecule has 0 spiro atoms. The number of fused-ring (bicyclic) bond motifs is 2. The van der Waals surface area contributed by atoms with Gasteiger partial charge in [0.1, 0.15) is 13.2 Å². The molecule has 0 aliphatic carbocycles. The molecule has 1 unspecified atom stereocenters. The van der Waals surface area contributed by atoms with Crippen molar-refractivity contribution >= 4 is 37.5 Å². The van der Waals surface area contributed by atoms with Gasteiger partial charge >= 0.3 is 0 Å². The maximum Gasteiger partial charge on any atom is 0.252 e. The Balaban J connectivity index is 1.45. The van der Waals surface area contributed by atoms with Gasteiger partial charge in [-0.25, -0.2) is 8.42 Å². The van der Waals surface area contributed by atoms with Gasteiger partial charge in [0, 0.05) is 31.8 Å². The number of piperidine rings is 1. The molecule has 1 atom stereocenters. The van der Waals surface area contributed by atoms with E-state index in [9.17, 15) is 13.2 Å². The second-order valence-corrected chi connectivity index (χ2v) is 11.7. The van der Waals surface area contributed by atoms with Crippen molar-refractivity contribution in [2.75, 3.05) is 26.3 Å². The lowest BCUT2D eigenvalue weighted by Crippen LogP contribution is -2.42. The molecule has 35 heavy (non-hydrogen) atoms. The Hall–Kier alpha value is -2.95. The molecule has 3 aromatic rings. The van der Waals surface area contributed by atoms with E-state index in [4.69, 9.17) is 9.47 Å². The second kappa shape index (κ2) is 9.60. The van der Waals surface area contributed by atoms with Crippen molar-refractivity contribution in [3.8, 4) is 11.5 Å². The van der Waals surface area contributed by atoms with E-state index in [1.807, 2.05) is 23.6 Å². The van der Waals surface area contributed by atoms with Crippen molar-refractivity contribution in [2.24, 2.45) is 10.9 Å². The minimum absolute atomic E-state index is 0.126. The van der Waals surface area contributed by atoms with Gasteiger partial charge in [0.15, 0.2) is 16.3 Å². The van der Waals surface area contributed by atoms with Gasteiger partial charge in [0.25, 0.3) is 5.91 Å². The van der Waals surface area contributed by atoms with Crippen LogP contribution in [0.2, 0.25) is 0 Å². The van der Waals surface area contributed by atoms with Crippen LogP contribution in [0.1, 0.15) is 18.4 Å². The molecule has 0 saturated carbocycles. The molecule has 1 saturated heterocycles. The summed E-state index contributed by atoms with van der Waals surface area (Å²) in [5, 5.41) is 0. The number of carbonyl (C=O) groups excluding carboxylic acids is 1. The first-order valence-electron chi connectivity index (χ1n) is 11.6. The summed E-state index contributed by atoms with van der Waals surface area (Å²) in [5.74, 6) is 0.543. The smallest absolute Gasteiger partial charge is 0.252 e. The van der Waals surface area contributed by atoms with Gasteiger partial charge in [-0.2, -0.15) is 9.30 Å². The molecule has 2 aliphatic rings. The van der Waals surface area contributed by atoms with E-state index in [2.05, 4.69) is 11.6 Å². The Morgan fingerprint density at radius 1 is 1.20 bits per heavy atom. The Morgan fingerprint density at radius 3 is 2.63 bits per heavy atom. The van der Waals surface area contributed by atoms with Gasteiger partial charge in [-0.3, -0.25) is 4.79 Å². The van der Waals surface area contributed by atoms with E-state index in [1.54, 1.807) is 30.3 Å². The molecular weight excluding hydrogens is 486 g/mol. The fraction of sp³-hybridized carbons (Fsp3) is 0.360. The largest absolute Gasteiger partial charge is 0.486 e. The molecule has 1 fully saturated rings. The fourth-order valence-electron chi connectivity index (χ4n) is 4.40. The van der Waals surface area contributed by atoms with E-state index >= 15 is 0 Å². The van der Waals surface area contributed by atoms with Crippen molar-refractivity contribution in [1.29, 1.82) is 0 Å². The molecule has 184 valence electrons. The molecule has 10 heteroatoms. The molecular formula is C25H27N3O5S2. The Kier molecular flexibility index (Phi) is 6.52. The highest BCUT2D eigenvalue weighted by Crippen LogP contribution is 2.35. The first-order chi connectivity index (χ1) is 16.9. The highest BCUT2D eigenvalue weighted by Gasteiger charge is 2.33. The number of benzene rings is 2. The summed E-state index contributed by atoms with van der Waals surface area (Å²) in [6.07, 6.45) is 2.96. The maximum absolute atomic E-state index is 13.2. The van der Waals surface area contributed by atoms with Crippen molar-refractivity contribution in [1.82, 2.24) is 8.87 Å². The van der Waals surface area contributed by atoms with Crippen molar-refractivity contribution in [3.63, 3.8) is 0 Å². The van der Waals surface area contributed by atoms with E-state index in [-0.39, 0.29) is 17.3 Å². The zero-order chi connectivity index (χ0) is 24.6. The number of hydrogen-bond acceptors (Lipinski definition) is 6. The molecule has 1 aromatic heterocycles. The zero-order valence-electron chi connectivity index (χ0n) is 19.5. The van der Waals surface area contributed by atoms with Gasteiger partial charge in [0.2, 0.25) is 10.0 Å². The molecule has 5 rings (SSSR count). The van der Waals surface area contributed by atoms with Gasteiger partial charge in [-0.15, -0.1) is 6.58 Å². The van der Waals surface area contributed by atoms with Gasteiger partial charge in [-0.1, -0.05) is 35.1 Å². The first-order valence-corrected chi connectivity index (χ1v) is 13.8. The lowest BCUT2D eigenvalue weighted by atomic mass is 9.99. The SMILES string of the molecule is C=CCn1c(=NC(=O)C2CCCN(S(=O)(=O)c3ccc(C)cc3)C2)sc2cc3c(cc21)OCCO3. The van der Waals surface area contributed by atoms with E-state index in [0.29, 0.717) is 55.4 Å². The third-order valence-corrected chi connectivity index (χ3v) is 9.18. The van der Waals surface area contributed by atoms with Crippen molar-refractivity contribution in [2.45, 2.75) is 31.2 Å². The quantitative estimate of drug-likeness (QED) is 0.487. The Bertz CT molecular complexity index is 1450. The van der Waals surface area contributed by atoms with Crippen LogP contribution in [0.15, 0.2) is 58.9 Å². The summed E-state index contributed by atoms with van der Waals surface area (Å²) in [6.45, 7) is 7.73. The number of rotatable bonds is 5. The molecule has 2 aromatic carbocycles. The van der Waals surface area contributed by atoms with Gasteiger partial charge < -0.3 is 14.0 Å². The average molecular weight is 514 g/mol. The van der Waals surface area contributed by atoms with Crippen LogP contribution in [0.25, 0.3) is 10.2 Å². The lowest BCUT2D eigenvalue weighted by molar-refractivity contribution is -0.122. The lowest BCUT2D eigenvalue weighted by Gasteiger charge is -2.30. The number of hydrogen-bond donors (Lipinski definition) is 0. The number of aromatic nitrogens is 1. The second-order valence-electron chi connectivity index (χ2n) is 8.71. The number of amides is 1. The number of nitrogens with zero attached hydrogens (tertiary/aromatic N) is 3. The molecule has 2 aliphatic heterocycles. The Morgan fingerprint density at radius 2 is 1.91 bits per heavy atom. The zero-order valence-corrected chi connectivity index (χ0v) is 21.1. The van der Waals surface area contributed by atoms with Crippen LogP contribution in [-0.4, -0.2) is 49.5 Å². The summed E-state index contributed by atoms with van der Waals surface area (Å²) in [7, 11) is -3.67. The van der Waals surface area contributed by atoms with E-state index < -0.39 is 15.9 Å². The fourth-order valence-corrected chi connectivity index (χ4v) is 6.98. The van der Waals surface area contributed by atoms with E-state index in [1.165, 1.54) is 15.6 Å². The van der Waals surface area contributed by atoms with Crippen LogP contribution in [-0.2, 0) is 21.4 Å². The third-order valence-electron chi connectivity index (χ3n) is 6.26. The maximum atomic E-state index is 13.2. The number of ether oxygens (including phenoxy) is 2. The number of aryl methyl sites for hydroxylation is 1. The summed E-state index contributed by atoms with van der Waals surface area (Å²) >= 11 is 1.39. The molecule has 1 amide bonds. The minimum atomic E-state index is -3.67. The topological polar surface area (TPSA) is 90.2 Å². The van der Waals surface area contributed by atoms with Crippen molar-refractivity contribution < 1.29 is 22.7 Å². The molecule has 0 bridgehead atoms. The third kappa shape index (κ3) is 4.65. The minimum Gasteiger partial charge on any atom is -0.486 e. The summed E-state index contributed by atoms with van der Waals surface area (Å²) < 4.78 is 42.0. The van der Waals surface area contributed by atoms with Gasteiger partial charge in [-0.05, 0) is 31.9 Å². The number of allylic oxidation sites excluding steroid dienone is 1. The normalized spacial score (nSPS) is 19.1. The first kappa shape index (κ1) is 23.8. The highest BCUT2D eigenvalue weighted by molar-refractivity contribution is 7.89. The highest BCUT2D eigenvalue weighted by atomic mass is 32.2. The number of carbonyl (C=O) groups is 1. The predicted octanol–water partition coefficient (Wildman–Crippen LogP) is 3.50. The predicted molar refractivity (Wildman–Crippen MR) is 134 cm³/mol. The van der Waals surface area contributed by atoms with Crippen LogP contribution in [0, 0.1) is 12.8 Å². The van der Waals surface area contributed by atoms with Crippen LogP contribution in [0.4, 0.5) is 0 Å². The van der Waals surface area contributed by atoms with Crippen LogP contribution in [0.5, 0.6) is 11.5 Å². The van der Waals surface area contributed by atoms with E-state index in [0.717, 1.165) is 15.8 Å². The summed E-state index contributed by atoms with van der Waals surface area (Å²) in [5.41, 5.74) is 1.88. The molecule has 0 N–H and O–H groups in total. The molecule has 8 nitrogen and oxygen atoms in total. The summed E-state index contributed by atoms with van der Waals surface area (Å²) in [4.78, 5) is 18.5. The van der Waals surface area contributed by atoms with Gasteiger partial charge in [0.05, 0.1) is 21.0 Å².